The van der Waals surface area contributed by atoms with Crippen molar-refractivity contribution in [3.05, 3.63) is 53.6 Å². The number of nitrogens with one attached hydrogen (secondary N) is 1. The predicted octanol–water partition coefficient (Wildman–Crippen LogP) is 2.70. The molecule has 25 heavy (non-hydrogen) atoms. The lowest BCUT2D eigenvalue weighted by Crippen LogP contribution is -2.27. The zero-order valence-electron chi connectivity index (χ0n) is 14.4. The fourth-order valence-electron chi connectivity index (χ4n) is 2.03. The first kappa shape index (κ1) is 18.4. The van der Waals surface area contributed by atoms with Crippen LogP contribution >= 0.6 is 0 Å². The van der Waals surface area contributed by atoms with E-state index in [1.807, 2.05) is 31.2 Å². The molecule has 0 saturated heterocycles. The standard InChI is InChI=1S/C18H21N3O4/c1-11(2)10-25-14-6-4-13(5-7-14)12(3)21-17(22)15-8-20-16(9-19-15)18(23)24/h4-9,11-12H,10H2,1-3H3,(H,21,22)(H,23,24). The minimum absolute atomic E-state index is 0.0636. The first-order valence-electron chi connectivity index (χ1n) is 7.95. The molecule has 0 aliphatic rings. The fourth-order valence-corrected chi connectivity index (χ4v) is 2.03. The van der Waals surface area contributed by atoms with Gasteiger partial charge in [-0.3, -0.25) is 4.79 Å². The zero-order chi connectivity index (χ0) is 18.4. The van der Waals surface area contributed by atoms with Crippen LogP contribution in [0.1, 0.15) is 53.4 Å². The molecule has 0 bridgehead atoms. The van der Waals surface area contributed by atoms with Crippen LogP contribution in [0, 0.1) is 5.92 Å². The number of hydrogen-bond acceptors (Lipinski definition) is 5. The maximum absolute atomic E-state index is 12.2. The number of nitrogens with zero attached hydrogens (tertiary/aromatic N) is 2. The van der Waals surface area contributed by atoms with Crippen LogP contribution in [-0.4, -0.2) is 33.6 Å². The van der Waals surface area contributed by atoms with E-state index in [1.165, 1.54) is 0 Å². The molecule has 0 aliphatic heterocycles. The van der Waals surface area contributed by atoms with Crippen LogP contribution in [0.25, 0.3) is 0 Å². The fraction of sp³-hybridized carbons (Fsp3) is 0.333. The maximum atomic E-state index is 12.2. The number of carbonyl (C=O) groups excluding carboxylic acids is 1. The molecule has 132 valence electrons. The Bertz CT molecular complexity index is 727. The van der Waals surface area contributed by atoms with Crippen LogP contribution < -0.4 is 10.1 Å². The first-order valence-corrected chi connectivity index (χ1v) is 7.95. The summed E-state index contributed by atoms with van der Waals surface area (Å²) in [6.07, 6.45) is 2.21. The smallest absolute Gasteiger partial charge is 0.356 e. The van der Waals surface area contributed by atoms with Crippen LogP contribution in [0.4, 0.5) is 0 Å². The summed E-state index contributed by atoms with van der Waals surface area (Å²) in [7, 11) is 0. The average molecular weight is 343 g/mol. The van der Waals surface area contributed by atoms with Gasteiger partial charge in [-0.1, -0.05) is 26.0 Å². The van der Waals surface area contributed by atoms with Crippen LogP contribution in [0.3, 0.4) is 0 Å². The number of aromatic nitrogens is 2. The second kappa shape index (κ2) is 8.23. The van der Waals surface area contributed by atoms with Gasteiger partial charge in [0.2, 0.25) is 0 Å². The Balaban J connectivity index is 1.97. The van der Waals surface area contributed by atoms with Crippen molar-refractivity contribution in [3.63, 3.8) is 0 Å². The summed E-state index contributed by atoms with van der Waals surface area (Å²) < 4.78 is 5.63. The minimum atomic E-state index is -1.19. The average Bonchev–Trinajstić information content (AvgIpc) is 2.60. The van der Waals surface area contributed by atoms with Gasteiger partial charge in [0, 0.05) is 0 Å². The Morgan fingerprint density at radius 2 is 1.68 bits per heavy atom. The van der Waals surface area contributed by atoms with Gasteiger partial charge in [-0.25, -0.2) is 14.8 Å². The van der Waals surface area contributed by atoms with Crippen molar-refractivity contribution >= 4 is 11.9 Å². The lowest BCUT2D eigenvalue weighted by molar-refractivity contribution is 0.0689. The van der Waals surface area contributed by atoms with Gasteiger partial charge in [-0.05, 0) is 30.5 Å². The molecule has 0 spiro atoms. The molecule has 1 aromatic carbocycles. The van der Waals surface area contributed by atoms with Crippen molar-refractivity contribution in [2.45, 2.75) is 26.8 Å². The quantitative estimate of drug-likeness (QED) is 0.801. The summed E-state index contributed by atoms with van der Waals surface area (Å²) in [5.41, 5.74) is 0.774. The Morgan fingerprint density at radius 3 is 2.20 bits per heavy atom. The highest BCUT2D eigenvalue weighted by atomic mass is 16.5. The SMILES string of the molecule is CC(C)COc1ccc(C(C)NC(=O)c2cnc(C(=O)O)cn2)cc1. The Morgan fingerprint density at radius 1 is 1.08 bits per heavy atom. The normalized spacial score (nSPS) is 11.8. The third kappa shape index (κ3) is 5.27. The molecule has 1 unspecified atom stereocenters. The molecule has 1 aromatic heterocycles. The second-order valence-electron chi connectivity index (χ2n) is 6.06. The van der Waals surface area contributed by atoms with Crippen molar-refractivity contribution in [2.24, 2.45) is 5.92 Å². The summed E-state index contributed by atoms with van der Waals surface area (Å²) in [5.74, 6) is -0.373. The Labute approximate surface area is 146 Å². The monoisotopic (exact) mass is 343 g/mol. The molecule has 0 saturated carbocycles. The van der Waals surface area contributed by atoms with E-state index in [2.05, 4.69) is 29.1 Å². The molecule has 2 N–H and O–H groups in total. The Hall–Kier alpha value is -2.96. The number of carbonyl (C=O) groups is 2. The zero-order valence-corrected chi connectivity index (χ0v) is 14.4. The lowest BCUT2D eigenvalue weighted by Gasteiger charge is -2.15. The van der Waals surface area contributed by atoms with Gasteiger partial charge in [0.25, 0.3) is 5.91 Å². The van der Waals surface area contributed by atoms with E-state index >= 15 is 0 Å². The summed E-state index contributed by atoms with van der Waals surface area (Å²) in [4.78, 5) is 30.4. The minimum Gasteiger partial charge on any atom is -0.493 e. The van der Waals surface area contributed by atoms with Crippen molar-refractivity contribution < 1.29 is 19.4 Å². The summed E-state index contributed by atoms with van der Waals surface area (Å²) in [5, 5.41) is 11.6. The van der Waals surface area contributed by atoms with Gasteiger partial charge in [0.05, 0.1) is 25.0 Å². The van der Waals surface area contributed by atoms with Crippen LogP contribution in [0.15, 0.2) is 36.7 Å². The summed E-state index contributed by atoms with van der Waals surface area (Å²) in [6.45, 7) is 6.66. The van der Waals surface area contributed by atoms with E-state index in [0.29, 0.717) is 12.5 Å². The summed E-state index contributed by atoms with van der Waals surface area (Å²) in [6, 6.07) is 7.26. The number of amides is 1. The molecule has 0 aliphatic carbocycles. The number of ether oxygens (including phenoxy) is 1. The lowest BCUT2D eigenvalue weighted by atomic mass is 10.1. The van der Waals surface area contributed by atoms with Gasteiger partial charge in [-0.15, -0.1) is 0 Å². The van der Waals surface area contributed by atoms with Crippen LogP contribution in [-0.2, 0) is 0 Å². The van der Waals surface area contributed by atoms with E-state index in [1.54, 1.807) is 0 Å². The van der Waals surface area contributed by atoms with E-state index in [4.69, 9.17) is 9.84 Å². The van der Waals surface area contributed by atoms with Crippen LogP contribution in [0.5, 0.6) is 5.75 Å². The maximum Gasteiger partial charge on any atom is 0.356 e. The second-order valence-corrected chi connectivity index (χ2v) is 6.06. The van der Waals surface area contributed by atoms with Gasteiger partial charge in [-0.2, -0.15) is 0 Å². The molecule has 7 nitrogen and oxygen atoms in total. The highest BCUT2D eigenvalue weighted by Crippen LogP contribution is 2.18. The molecule has 7 heteroatoms. The Kier molecular flexibility index (Phi) is 6.05. The van der Waals surface area contributed by atoms with Crippen molar-refractivity contribution in [3.8, 4) is 5.75 Å². The molecular weight excluding hydrogens is 322 g/mol. The van der Waals surface area contributed by atoms with Gasteiger partial charge >= 0.3 is 5.97 Å². The van der Waals surface area contributed by atoms with Crippen molar-refractivity contribution in [1.29, 1.82) is 0 Å². The highest BCUT2D eigenvalue weighted by molar-refractivity contribution is 5.93. The third-order valence-corrected chi connectivity index (χ3v) is 3.41. The van der Waals surface area contributed by atoms with E-state index in [0.717, 1.165) is 23.7 Å². The predicted molar refractivity (Wildman–Crippen MR) is 91.6 cm³/mol. The molecule has 1 amide bonds. The largest absolute Gasteiger partial charge is 0.493 e. The van der Waals surface area contributed by atoms with E-state index < -0.39 is 11.9 Å². The first-order chi connectivity index (χ1) is 11.9. The molecular formula is C18H21N3O4. The highest BCUT2D eigenvalue weighted by Gasteiger charge is 2.14. The molecule has 1 heterocycles. The number of carboxylic acids is 1. The number of benzene rings is 1. The number of rotatable bonds is 7. The van der Waals surface area contributed by atoms with Gasteiger partial charge < -0.3 is 15.2 Å². The molecule has 0 fully saturated rings. The van der Waals surface area contributed by atoms with E-state index in [9.17, 15) is 9.59 Å². The molecule has 1 atom stereocenters. The molecule has 2 aromatic rings. The third-order valence-electron chi connectivity index (χ3n) is 3.41. The number of aromatic carboxylic acids is 1. The topological polar surface area (TPSA) is 101 Å². The molecule has 0 radical (unpaired) electrons. The number of hydrogen-bond donors (Lipinski definition) is 2. The van der Waals surface area contributed by atoms with E-state index in [-0.39, 0.29) is 17.4 Å². The number of carboxylic acid groups (broad SMARTS) is 1. The van der Waals surface area contributed by atoms with Gasteiger partial charge in [0.15, 0.2) is 5.69 Å². The van der Waals surface area contributed by atoms with Crippen LogP contribution in [0.2, 0.25) is 0 Å². The van der Waals surface area contributed by atoms with Crippen molar-refractivity contribution in [1.82, 2.24) is 15.3 Å². The summed E-state index contributed by atoms with van der Waals surface area (Å²) >= 11 is 0. The molecule has 2 rings (SSSR count). The van der Waals surface area contributed by atoms with Crippen molar-refractivity contribution in [2.75, 3.05) is 6.61 Å². The van der Waals surface area contributed by atoms with Gasteiger partial charge in [0.1, 0.15) is 11.4 Å².